The second-order valence-electron chi connectivity index (χ2n) is 5.62. The van der Waals surface area contributed by atoms with E-state index in [9.17, 15) is 9.59 Å². The molecule has 20 heavy (non-hydrogen) atoms. The summed E-state index contributed by atoms with van der Waals surface area (Å²) in [7, 11) is 1.84. The maximum Gasteiger partial charge on any atom is 0.238 e. The summed E-state index contributed by atoms with van der Waals surface area (Å²) in [6.07, 6.45) is 1.65. The second kappa shape index (κ2) is 4.90. The highest BCUT2D eigenvalue weighted by Gasteiger charge is 2.42. The number of hydrogen-bond acceptors (Lipinski definition) is 4. The van der Waals surface area contributed by atoms with Crippen LogP contribution in [-0.2, 0) is 16.6 Å². The molecule has 0 unspecified atom stereocenters. The lowest BCUT2D eigenvalue weighted by molar-refractivity contribution is -0.123. The Morgan fingerprint density at radius 1 is 1.55 bits per heavy atom. The molecular formula is C13H19N5O2. The first kappa shape index (κ1) is 13.1. The lowest BCUT2D eigenvalue weighted by Gasteiger charge is -2.16. The zero-order chi connectivity index (χ0) is 14.3. The minimum Gasteiger partial charge on any atom is -0.355 e. The molecule has 2 saturated heterocycles. The molecular weight excluding hydrogens is 258 g/mol. The normalized spacial score (nSPS) is 25.6. The van der Waals surface area contributed by atoms with Crippen molar-refractivity contribution >= 4 is 17.5 Å². The average Bonchev–Trinajstić information content (AvgIpc) is 3.03. The van der Waals surface area contributed by atoms with Crippen molar-refractivity contribution < 1.29 is 9.59 Å². The standard InChI is InChI=1S/C13H19N5O2/c1-8-11(4-15-17(8)2)16-12(19)7-18-5-9-3-14-13(20)10(9)6-18/h4,9-10H,3,5-7H2,1-2H3,(H,14,20)(H,16,19)/t9-,10+/m0/s1. The van der Waals surface area contributed by atoms with Crippen LogP contribution in [0.5, 0.6) is 0 Å². The van der Waals surface area contributed by atoms with E-state index in [0.717, 1.165) is 24.5 Å². The third-order valence-corrected chi connectivity index (χ3v) is 4.27. The van der Waals surface area contributed by atoms with E-state index in [1.807, 2.05) is 14.0 Å². The van der Waals surface area contributed by atoms with Crippen molar-refractivity contribution in [3.63, 3.8) is 0 Å². The first-order valence-electron chi connectivity index (χ1n) is 6.83. The molecule has 7 nitrogen and oxygen atoms in total. The van der Waals surface area contributed by atoms with Crippen molar-refractivity contribution in [3.05, 3.63) is 11.9 Å². The third-order valence-electron chi connectivity index (χ3n) is 4.27. The molecule has 1 aromatic heterocycles. The molecule has 0 radical (unpaired) electrons. The molecule has 2 fully saturated rings. The number of carbonyl (C=O) groups excluding carboxylic acids is 2. The van der Waals surface area contributed by atoms with Gasteiger partial charge in [0.2, 0.25) is 11.8 Å². The Bertz CT molecular complexity index is 553. The Hall–Kier alpha value is -1.89. The maximum atomic E-state index is 12.0. The van der Waals surface area contributed by atoms with E-state index in [1.54, 1.807) is 10.9 Å². The Kier molecular flexibility index (Phi) is 3.21. The molecule has 2 atom stereocenters. The number of carbonyl (C=O) groups is 2. The molecule has 2 aliphatic heterocycles. The van der Waals surface area contributed by atoms with Crippen molar-refractivity contribution in [1.29, 1.82) is 0 Å². The van der Waals surface area contributed by atoms with Crippen molar-refractivity contribution in [2.24, 2.45) is 18.9 Å². The van der Waals surface area contributed by atoms with Crippen molar-refractivity contribution in [1.82, 2.24) is 20.0 Å². The van der Waals surface area contributed by atoms with Crippen LogP contribution >= 0.6 is 0 Å². The van der Waals surface area contributed by atoms with Gasteiger partial charge in [-0.25, -0.2) is 0 Å². The van der Waals surface area contributed by atoms with Crippen molar-refractivity contribution in [2.45, 2.75) is 6.92 Å². The van der Waals surface area contributed by atoms with E-state index in [4.69, 9.17) is 0 Å². The number of aryl methyl sites for hydroxylation is 1. The third kappa shape index (κ3) is 2.29. The zero-order valence-electron chi connectivity index (χ0n) is 11.7. The summed E-state index contributed by atoms with van der Waals surface area (Å²) in [5, 5.41) is 9.83. The molecule has 3 rings (SSSR count). The molecule has 0 spiro atoms. The minimum absolute atomic E-state index is 0.0542. The average molecular weight is 277 g/mol. The van der Waals surface area contributed by atoms with Crippen molar-refractivity contribution in [3.8, 4) is 0 Å². The van der Waals surface area contributed by atoms with Gasteiger partial charge in [0.25, 0.3) is 0 Å². The van der Waals surface area contributed by atoms with Crippen LogP contribution < -0.4 is 10.6 Å². The molecule has 0 aliphatic carbocycles. The summed E-state index contributed by atoms with van der Waals surface area (Å²) in [5.41, 5.74) is 1.67. The van der Waals surface area contributed by atoms with Gasteiger partial charge in [0.1, 0.15) is 0 Å². The number of amides is 2. The van der Waals surface area contributed by atoms with E-state index < -0.39 is 0 Å². The Morgan fingerprint density at radius 3 is 3.00 bits per heavy atom. The van der Waals surface area contributed by atoms with Crippen LogP contribution in [-0.4, -0.2) is 52.7 Å². The number of fused-ring (bicyclic) bond motifs is 1. The van der Waals surface area contributed by atoms with Gasteiger partial charge in [-0.15, -0.1) is 0 Å². The zero-order valence-corrected chi connectivity index (χ0v) is 11.7. The number of rotatable bonds is 3. The van der Waals surface area contributed by atoms with E-state index in [0.29, 0.717) is 19.0 Å². The number of aromatic nitrogens is 2. The fraction of sp³-hybridized carbons (Fsp3) is 0.615. The van der Waals surface area contributed by atoms with Crippen molar-refractivity contribution in [2.75, 3.05) is 31.5 Å². The van der Waals surface area contributed by atoms with Gasteiger partial charge in [0.15, 0.2) is 0 Å². The summed E-state index contributed by atoms with van der Waals surface area (Å²) in [6, 6.07) is 0. The van der Waals surface area contributed by atoms with E-state index in [2.05, 4.69) is 20.6 Å². The highest BCUT2D eigenvalue weighted by molar-refractivity contribution is 5.92. The van der Waals surface area contributed by atoms with Gasteiger partial charge in [-0.05, 0) is 6.92 Å². The highest BCUT2D eigenvalue weighted by atomic mass is 16.2. The summed E-state index contributed by atoms with van der Waals surface area (Å²) in [6.45, 7) is 4.46. The number of nitrogens with one attached hydrogen (secondary N) is 2. The fourth-order valence-corrected chi connectivity index (χ4v) is 2.97. The van der Waals surface area contributed by atoms with E-state index in [1.165, 1.54) is 0 Å². The molecule has 0 bridgehead atoms. The van der Waals surface area contributed by atoms with Gasteiger partial charge < -0.3 is 10.6 Å². The topological polar surface area (TPSA) is 79.3 Å². The van der Waals surface area contributed by atoms with Crippen LogP contribution in [0, 0.1) is 18.8 Å². The van der Waals surface area contributed by atoms with Gasteiger partial charge in [0.05, 0.1) is 30.0 Å². The molecule has 2 N–H and O–H groups in total. The number of nitrogens with zero attached hydrogens (tertiary/aromatic N) is 3. The Labute approximate surface area is 117 Å². The second-order valence-corrected chi connectivity index (χ2v) is 5.62. The van der Waals surface area contributed by atoms with Crippen LogP contribution in [0.25, 0.3) is 0 Å². The summed E-state index contributed by atoms with van der Waals surface area (Å²) in [5.74, 6) is 0.487. The monoisotopic (exact) mass is 277 g/mol. The van der Waals surface area contributed by atoms with Crippen LogP contribution in [0.15, 0.2) is 6.20 Å². The van der Waals surface area contributed by atoms with Gasteiger partial charge in [-0.2, -0.15) is 5.10 Å². The molecule has 108 valence electrons. The highest BCUT2D eigenvalue weighted by Crippen LogP contribution is 2.27. The smallest absolute Gasteiger partial charge is 0.238 e. The van der Waals surface area contributed by atoms with E-state index in [-0.39, 0.29) is 17.7 Å². The molecule has 2 amide bonds. The van der Waals surface area contributed by atoms with Crippen LogP contribution in [0.2, 0.25) is 0 Å². The molecule has 0 aromatic carbocycles. The van der Waals surface area contributed by atoms with Crippen LogP contribution in [0.3, 0.4) is 0 Å². The van der Waals surface area contributed by atoms with Gasteiger partial charge >= 0.3 is 0 Å². The summed E-state index contributed by atoms with van der Waals surface area (Å²) < 4.78 is 1.72. The summed E-state index contributed by atoms with van der Waals surface area (Å²) >= 11 is 0. The van der Waals surface area contributed by atoms with E-state index >= 15 is 0 Å². The predicted octanol–water partition coefficient (Wildman–Crippen LogP) is -0.655. The Balaban J connectivity index is 1.55. The predicted molar refractivity (Wildman–Crippen MR) is 73.0 cm³/mol. The quantitative estimate of drug-likeness (QED) is 0.769. The molecule has 1 aromatic rings. The van der Waals surface area contributed by atoms with Crippen LogP contribution in [0.4, 0.5) is 5.69 Å². The molecule has 3 heterocycles. The minimum atomic E-state index is -0.0542. The maximum absolute atomic E-state index is 12.0. The molecule has 7 heteroatoms. The van der Waals surface area contributed by atoms with Gasteiger partial charge in [-0.3, -0.25) is 19.2 Å². The fourth-order valence-electron chi connectivity index (χ4n) is 2.97. The Morgan fingerprint density at radius 2 is 2.35 bits per heavy atom. The van der Waals surface area contributed by atoms with Gasteiger partial charge in [0, 0.05) is 32.6 Å². The largest absolute Gasteiger partial charge is 0.355 e. The molecule has 2 aliphatic rings. The lowest BCUT2D eigenvalue weighted by atomic mass is 10.0. The first-order chi connectivity index (χ1) is 9.54. The lowest BCUT2D eigenvalue weighted by Crippen LogP contribution is -2.34. The number of likely N-dealkylation sites (tertiary alicyclic amines) is 1. The summed E-state index contributed by atoms with van der Waals surface area (Å²) in [4.78, 5) is 25.7. The van der Waals surface area contributed by atoms with Crippen LogP contribution in [0.1, 0.15) is 5.69 Å². The first-order valence-corrected chi connectivity index (χ1v) is 6.83. The number of anilines is 1. The number of hydrogen-bond donors (Lipinski definition) is 2. The van der Waals surface area contributed by atoms with Gasteiger partial charge in [-0.1, -0.05) is 0 Å². The SMILES string of the molecule is Cc1c(NC(=O)CN2C[C@@H]3CNC(=O)[C@@H]3C2)cnn1C. The molecule has 0 saturated carbocycles.